The van der Waals surface area contributed by atoms with Crippen LogP contribution in [0, 0.1) is 0 Å². The van der Waals surface area contributed by atoms with Gasteiger partial charge in [-0.15, -0.1) is 11.3 Å². The lowest BCUT2D eigenvalue weighted by atomic mass is 10.0. The molecule has 2 heterocycles. The number of thiophene rings is 1. The number of hydrogen-bond acceptors (Lipinski definition) is 3. The molecule has 108 valence electrons. The second-order valence-electron chi connectivity index (χ2n) is 4.86. The van der Waals surface area contributed by atoms with Crippen LogP contribution in [0.3, 0.4) is 0 Å². The number of benzene rings is 1. The molecule has 0 aliphatic rings. The SMILES string of the molecule is CCc1ccc(-c2nn(C)c(N)c2-c2cccc(Cl)c2)s1. The molecule has 0 fully saturated rings. The van der Waals surface area contributed by atoms with Gasteiger partial charge in [0.05, 0.1) is 10.4 Å². The molecule has 0 unspecified atom stereocenters. The molecule has 2 aromatic heterocycles. The number of nitrogens with two attached hydrogens (primary N) is 1. The molecule has 5 heteroatoms. The first kappa shape index (κ1) is 14.2. The maximum absolute atomic E-state index is 6.22. The number of rotatable bonds is 3. The molecule has 0 radical (unpaired) electrons. The van der Waals surface area contributed by atoms with Crippen molar-refractivity contribution < 1.29 is 0 Å². The third kappa shape index (κ3) is 2.57. The van der Waals surface area contributed by atoms with E-state index in [1.54, 1.807) is 16.0 Å². The Bertz CT molecular complexity index is 789. The van der Waals surface area contributed by atoms with E-state index >= 15 is 0 Å². The fraction of sp³-hybridized carbons (Fsp3) is 0.188. The highest BCUT2D eigenvalue weighted by Crippen LogP contribution is 2.39. The average molecular weight is 318 g/mol. The number of nitrogens with zero attached hydrogens (tertiary/aromatic N) is 2. The third-order valence-electron chi connectivity index (χ3n) is 3.45. The minimum atomic E-state index is 0.652. The van der Waals surface area contributed by atoms with Gasteiger partial charge in [-0.3, -0.25) is 4.68 Å². The summed E-state index contributed by atoms with van der Waals surface area (Å²) in [7, 11) is 1.86. The maximum atomic E-state index is 6.22. The molecule has 0 saturated carbocycles. The van der Waals surface area contributed by atoms with Crippen LogP contribution in [0.2, 0.25) is 5.02 Å². The maximum Gasteiger partial charge on any atom is 0.129 e. The van der Waals surface area contributed by atoms with Crippen LogP contribution < -0.4 is 5.73 Å². The van der Waals surface area contributed by atoms with Crippen molar-refractivity contribution >= 4 is 28.8 Å². The van der Waals surface area contributed by atoms with Gasteiger partial charge in [-0.2, -0.15) is 5.10 Å². The van der Waals surface area contributed by atoms with Crippen molar-refractivity contribution in [2.45, 2.75) is 13.3 Å². The van der Waals surface area contributed by atoms with Crippen LogP contribution in [0.15, 0.2) is 36.4 Å². The molecule has 1 aromatic carbocycles. The minimum absolute atomic E-state index is 0.652. The van der Waals surface area contributed by atoms with Gasteiger partial charge >= 0.3 is 0 Å². The zero-order chi connectivity index (χ0) is 15.0. The Morgan fingerprint density at radius 2 is 2.10 bits per heavy atom. The van der Waals surface area contributed by atoms with Crippen molar-refractivity contribution in [2.75, 3.05) is 5.73 Å². The van der Waals surface area contributed by atoms with E-state index in [9.17, 15) is 0 Å². The van der Waals surface area contributed by atoms with Gasteiger partial charge in [0.15, 0.2) is 0 Å². The summed E-state index contributed by atoms with van der Waals surface area (Å²) in [5.41, 5.74) is 9.09. The average Bonchev–Trinajstić information content (AvgIpc) is 3.05. The van der Waals surface area contributed by atoms with Crippen molar-refractivity contribution in [2.24, 2.45) is 7.05 Å². The Labute approximate surface area is 133 Å². The first-order valence-corrected chi connectivity index (χ1v) is 7.97. The molecule has 0 amide bonds. The van der Waals surface area contributed by atoms with Crippen LogP contribution in [0.4, 0.5) is 5.82 Å². The lowest BCUT2D eigenvalue weighted by molar-refractivity contribution is 0.783. The van der Waals surface area contributed by atoms with Crippen molar-refractivity contribution in [3.05, 3.63) is 46.3 Å². The second kappa shape index (κ2) is 5.54. The summed E-state index contributed by atoms with van der Waals surface area (Å²) in [6, 6.07) is 12.0. The third-order valence-corrected chi connectivity index (χ3v) is 4.92. The van der Waals surface area contributed by atoms with Crippen molar-refractivity contribution in [3.8, 4) is 21.7 Å². The summed E-state index contributed by atoms with van der Waals surface area (Å²) in [5, 5.41) is 5.29. The van der Waals surface area contributed by atoms with Crippen LogP contribution in [0.1, 0.15) is 11.8 Å². The zero-order valence-corrected chi connectivity index (χ0v) is 13.5. The molecule has 0 saturated heterocycles. The van der Waals surface area contributed by atoms with Gasteiger partial charge in [0.25, 0.3) is 0 Å². The van der Waals surface area contributed by atoms with Crippen LogP contribution in [0.5, 0.6) is 0 Å². The lowest BCUT2D eigenvalue weighted by Gasteiger charge is -2.03. The summed E-state index contributed by atoms with van der Waals surface area (Å²) < 4.78 is 1.72. The number of anilines is 1. The summed E-state index contributed by atoms with van der Waals surface area (Å²) in [6.07, 6.45) is 1.03. The summed E-state index contributed by atoms with van der Waals surface area (Å²) in [5.74, 6) is 0.652. The lowest BCUT2D eigenvalue weighted by Crippen LogP contribution is -1.97. The Hall–Kier alpha value is -1.78. The molecule has 0 spiro atoms. The van der Waals surface area contributed by atoms with E-state index in [2.05, 4.69) is 24.2 Å². The highest BCUT2D eigenvalue weighted by Gasteiger charge is 2.18. The van der Waals surface area contributed by atoms with Gasteiger partial charge in [-0.25, -0.2) is 0 Å². The molecular weight excluding hydrogens is 302 g/mol. The standard InChI is InChI=1S/C16H16ClN3S/c1-3-12-7-8-13(21-12)15-14(16(18)20(2)19-15)10-5-4-6-11(17)9-10/h4-9H,3,18H2,1-2H3. The van der Waals surface area contributed by atoms with E-state index in [0.717, 1.165) is 28.1 Å². The predicted molar refractivity (Wildman–Crippen MR) is 90.8 cm³/mol. The van der Waals surface area contributed by atoms with Crippen molar-refractivity contribution in [1.29, 1.82) is 0 Å². The smallest absolute Gasteiger partial charge is 0.129 e. The number of aryl methyl sites for hydroxylation is 2. The first-order valence-electron chi connectivity index (χ1n) is 6.77. The first-order chi connectivity index (χ1) is 10.1. The molecule has 3 nitrogen and oxygen atoms in total. The van der Waals surface area contributed by atoms with E-state index in [4.69, 9.17) is 17.3 Å². The van der Waals surface area contributed by atoms with E-state index in [0.29, 0.717) is 10.8 Å². The number of halogens is 1. The minimum Gasteiger partial charge on any atom is -0.383 e. The van der Waals surface area contributed by atoms with Gasteiger partial charge in [0.2, 0.25) is 0 Å². The number of hydrogen-bond donors (Lipinski definition) is 1. The number of nitrogen functional groups attached to an aromatic ring is 1. The zero-order valence-electron chi connectivity index (χ0n) is 11.9. The van der Waals surface area contributed by atoms with Gasteiger partial charge in [0, 0.05) is 16.9 Å². The predicted octanol–water partition coefficient (Wildman–Crippen LogP) is 4.61. The Morgan fingerprint density at radius 3 is 2.76 bits per heavy atom. The fourth-order valence-electron chi connectivity index (χ4n) is 2.33. The van der Waals surface area contributed by atoms with E-state index in [1.807, 2.05) is 31.3 Å². The van der Waals surface area contributed by atoms with Crippen molar-refractivity contribution in [3.63, 3.8) is 0 Å². The molecule has 0 aliphatic carbocycles. The molecule has 2 N–H and O–H groups in total. The topological polar surface area (TPSA) is 43.8 Å². The number of aromatic nitrogens is 2. The summed E-state index contributed by atoms with van der Waals surface area (Å²) >= 11 is 7.87. The van der Waals surface area contributed by atoms with Gasteiger partial charge in [0.1, 0.15) is 11.5 Å². The van der Waals surface area contributed by atoms with Gasteiger partial charge in [-0.05, 0) is 36.2 Å². The normalized spacial score (nSPS) is 11.0. The molecule has 21 heavy (non-hydrogen) atoms. The summed E-state index contributed by atoms with van der Waals surface area (Å²) in [6.45, 7) is 2.15. The van der Waals surface area contributed by atoms with Crippen LogP contribution >= 0.6 is 22.9 Å². The quantitative estimate of drug-likeness (QED) is 0.766. The highest BCUT2D eigenvalue weighted by atomic mass is 35.5. The molecule has 3 rings (SSSR count). The molecule has 0 bridgehead atoms. The molecule has 0 aliphatic heterocycles. The largest absolute Gasteiger partial charge is 0.383 e. The Balaban J connectivity index is 2.20. The molecule has 3 aromatic rings. The van der Waals surface area contributed by atoms with Crippen LogP contribution in [-0.4, -0.2) is 9.78 Å². The van der Waals surface area contributed by atoms with Crippen LogP contribution in [-0.2, 0) is 13.5 Å². The Kier molecular flexibility index (Phi) is 3.74. The fourth-order valence-corrected chi connectivity index (χ4v) is 3.46. The van der Waals surface area contributed by atoms with E-state index < -0.39 is 0 Å². The van der Waals surface area contributed by atoms with Gasteiger partial charge < -0.3 is 5.73 Å². The highest BCUT2D eigenvalue weighted by molar-refractivity contribution is 7.15. The van der Waals surface area contributed by atoms with E-state index in [-0.39, 0.29) is 0 Å². The molecular formula is C16H16ClN3S. The summed E-state index contributed by atoms with van der Waals surface area (Å²) in [4.78, 5) is 2.47. The monoisotopic (exact) mass is 317 g/mol. The molecule has 0 atom stereocenters. The van der Waals surface area contributed by atoms with Crippen LogP contribution in [0.25, 0.3) is 21.7 Å². The van der Waals surface area contributed by atoms with E-state index in [1.165, 1.54) is 4.88 Å². The second-order valence-corrected chi connectivity index (χ2v) is 6.47. The Morgan fingerprint density at radius 1 is 1.29 bits per heavy atom. The van der Waals surface area contributed by atoms with Gasteiger partial charge in [-0.1, -0.05) is 30.7 Å². The van der Waals surface area contributed by atoms with Crippen molar-refractivity contribution in [1.82, 2.24) is 9.78 Å².